The predicted octanol–water partition coefficient (Wildman–Crippen LogP) is 5.08. The second-order valence-electron chi connectivity index (χ2n) is 8.15. The first-order valence-electron chi connectivity index (χ1n) is 10.6. The van der Waals surface area contributed by atoms with E-state index in [-0.39, 0.29) is 10.9 Å². The Morgan fingerprint density at radius 1 is 1.12 bits per heavy atom. The number of hydrogen-bond donors (Lipinski definition) is 2. The normalized spacial score (nSPS) is 14.2. The number of carbonyl (C=O) groups excluding carboxylic acids is 1. The van der Waals surface area contributed by atoms with E-state index in [9.17, 15) is 13.2 Å². The second-order valence-corrected chi connectivity index (χ2v) is 10.3. The van der Waals surface area contributed by atoms with E-state index in [1.165, 1.54) is 6.07 Å². The maximum Gasteiger partial charge on any atom is 0.258 e. The second kappa shape index (κ2) is 9.03. The fourth-order valence-electron chi connectivity index (χ4n) is 3.91. The van der Waals surface area contributed by atoms with Crippen molar-refractivity contribution in [3.8, 4) is 0 Å². The Morgan fingerprint density at radius 2 is 1.88 bits per heavy atom. The number of nitrogens with one attached hydrogen (secondary N) is 2. The van der Waals surface area contributed by atoms with Gasteiger partial charge in [-0.3, -0.25) is 14.2 Å². The van der Waals surface area contributed by atoms with E-state index in [1.54, 1.807) is 29.8 Å². The third-order valence-corrected chi connectivity index (χ3v) is 7.46. The monoisotopic (exact) mass is 484 g/mol. The van der Waals surface area contributed by atoms with Crippen LogP contribution >= 0.6 is 11.6 Å². The van der Waals surface area contributed by atoms with Crippen molar-refractivity contribution in [3.63, 3.8) is 0 Å². The van der Waals surface area contributed by atoms with Gasteiger partial charge in [0.1, 0.15) is 6.04 Å². The first-order chi connectivity index (χ1) is 15.6. The van der Waals surface area contributed by atoms with E-state index in [0.717, 1.165) is 22.5 Å². The Balaban J connectivity index is 1.48. The lowest BCUT2D eigenvalue weighted by Crippen LogP contribution is -2.25. The number of allylic oxidation sites excluding steroid dienone is 1. The molecule has 172 valence electrons. The molecule has 7 nitrogen and oxygen atoms in total. The molecule has 0 aliphatic heterocycles. The number of halogens is 1. The number of sulfonamides is 1. The maximum atomic E-state index is 12.9. The summed E-state index contributed by atoms with van der Waals surface area (Å²) in [6.45, 7) is 5.51. The predicted molar refractivity (Wildman–Crippen MR) is 132 cm³/mol. The number of nitrogens with zero attached hydrogens (tertiary/aromatic N) is 2. The van der Waals surface area contributed by atoms with Crippen molar-refractivity contribution in [2.24, 2.45) is 0 Å². The molecule has 1 unspecified atom stereocenters. The van der Waals surface area contributed by atoms with Crippen LogP contribution in [-0.4, -0.2) is 24.1 Å². The quantitative estimate of drug-likeness (QED) is 0.510. The highest BCUT2D eigenvalue weighted by Gasteiger charge is 2.23. The third kappa shape index (κ3) is 4.96. The topological polar surface area (TPSA) is 93.1 Å². The fraction of sp³-hybridized carbons (Fsp3) is 0.250. The van der Waals surface area contributed by atoms with Crippen molar-refractivity contribution in [3.05, 3.63) is 81.0 Å². The van der Waals surface area contributed by atoms with Gasteiger partial charge in [-0.05, 0) is 75.1 Å². The van der Waals surface area contributed by atoms with Gasteiger partial charge in [0.2, 0.25) is 5.91 Å². The SMILES string of the molecule is Cc1cc(C)n(C(C)C(=O)Nc2ccc(NS(=O)(=O)C3=Cc4ccccc4CC3)cc2Cl)n1. The van der Waals surface area contributed by atoms with E-state index < -0.39 is 16.1 Å². The van der Waals surface area contributed by atoms with Gasteiger partial charge in [0.15, 0.2) is 0 Å². The number of amides is 1. The van der Waals surface area contributed by atoms with Crippen LogP contribution in [0.5, 0.6) is 0 Å². The number of hydrogen-bond acceptors (Lipinski definition) is 4. The number of anilines is 2. The summed E-state index contributed by atoms with van der Waals surface area (Å²) in [6.07, 6.45) is 2.80. The summed E-state index contributed by atoms with van der Waals surface area (Å²) < 4.78 is 30.1. The highest BCUT2D eigenvalue weighted by atomic mass is 35.5. The smallest absolute Gasteiger partial charge is 0.258 e. The summed E-state index contributed by atoms with van der Waals surface area (Å²) in [7, 11) is -3.73. The van der Waals surface area contributed by atoms with Crippen LogP contribution in [0.2, 0.25) is 5.02 Å². The minimum Gasteiger partial charge on any atom is -0.323 e. The molecule has 0 saturated carbocycles. The summed E-state index contributed by atoms with van der Waals surface area (Å²) in [4.78, 5) is 13.0. The van der Waals surface area contributed by atoms with Crippen LogP contribution in [0.15, 0.2) is 53.4 Å². The number of carbonyl (C=O) groups is 1. The molecule has 1 heterocycles. The minimum atomic E-state index is -3.73. The number of fused-ring (bicyclic) bond motifs is 1. The average Bonchev–Trinajstić information content (AvgIpc) is 3.12. The van der Waals surface area contributed by atoms with Gasteiger partial charge in [-0.25, -0.2) is 8.42 Å². The molecule has 0 bridgehead atoms. The average molecular weight is 485 g/mol. The summed E-state index contributed by atoms with van der Waals surface area (Å²) in [5, 5.41) is 7.37. The van der Waals surface area contributed by atoms with Crippen LogP contribution in [0.4, 0.5) is 11.4 Å². The highest BCUT2D eigenvalue weighted by Crippen LogP contribution is 2.31. The molecule has 0 spiro atoms. The molecule has 2 N–H and O–H groups in total. The first kappa shape index (κ1) is 23.1. The Labute approximate surface area is 198 Å². The molecule has 0 fully saturated rings. The first-order valence-corrected chi connectivity index (χ1v) is 12.4. The van der Waals surface area contributed by atoms with Gasteiger partial charge >= 0.3 is 0 Å². The highest BCUT2D eigenvalue weighted by molar-refractivity contribution is 7.96. The molecule has 9 heteroatoms. The lowest BCUT2D eigenvalue weighted by Gasteiger charge is -2.18. The third-order valence-electron chi connectivity index (χ3n) is 5.63. The van der Waals surface area contributed by atoms with E-state index in [1.807, 2.05) is 44.2 Å². The zero-order chi connectivity index (χ0) is 23.8. The minimum absolute atomic E-state index is 0.229. The van der Waals surface area contributed by atoms with E-state index in [4.69, 9.17) is 11.6 Å². The van der Waals surface area contributed by atoms with Crippen molar-refractivity contribution in [1.82, 2.24) is 9.78 Å². The lowest BCUT2D eigenvalue weighted by molar-refractivity contribution is -0.119. The molecule has 1 aromatic heterocycles. The summed E-state index contributed by atoms with van der Waals surface area (Å²) in [6, 6.07) is 13.8. The molecule has 33 heavy (non-hydrogen) atoms. The van der Waals surface area contributed by atoms with Crippen molar-refractivity contribution in [2.75, 3.05) is 10.0 Å². The summed E-state index contributed by atoms with van der Waals surface area (Å²) >= 11 is 6.35. The number of aromatic nitrogens is 2. The zero-order valence-corrected chi connectivity index (χ0v) is 20.2. The van der Waals surface area contributed by atoms with Crippen LogP contribution < -0.4 is 10.0 Å². The molecule has 0 radical (unpaired) electrons. The number of rotatable bonds is 6. The zero-order valence-electron chi connectivity index (χ0n) is 18.6. The van der Waals surface area contributed by atoms with Crippen molar-refractivity contribution < 1.29 is 13.2 Å². The van der Waals surface area contributed by atoms with Crippen molar-refractivity contribution in [2.45, 2.75) is 39.7 Å². The molecule has 1 aliphatic carbocycles. The number of benzene rings is 2. The Bertz CT molecular complexity index is 1360. The molecule has 0 saturated heterocycles. The van der Waals surface area contributed by atoms with Crippen LogP contribution in [0.25, 0.3) is 6.08 Å². The van der Waals surface area contributed by atoms with Gasteiger partial charge in [-0.1, -0.05) is 35.9 Å². The molecule has 1 amide bonds. The van der Waals surface area contributed by atoms with Crippen molar-refractivity contribution in [1.29, 1.82) is 0 Å². The standard InChI is InChI=1S/C24H25ClN4O3S/c1-15-12-16(2)29(27-15)17(3)24(30)26-23-11-9-20(14-22(23)25)28-33(31,32)21-10-8-18-6-4-5-7-19(18)13-21/h4-7,9,11-14,17,28H,8,10H2,1-3H3,(H,26,30). The molecule has 1 aliphatic rings. The molecular weight excluding hydrogens is 460 g/mol. The molecular formula is C24H25ClN4O3S. The van der Waals surface area contributed by atoms with Crippen LogP contribution in [0.1, 0.15) is 41.9 Å². The Kier molecular flexibility index (Phi) is 6.32. The van der Waals surface area contributed by atoms with Gasteiger partial charge in [0, 0.05) is 5.69 Å². The molecule has 1 atom stereocenters. The van der Waals surface area contributed by atoms with Crippen LogP contribution in [0, 0.1) is 13.8 Å². The lowest BCUT2D eigenvalue weighted by atomic mass is 9.98. The summed E-state index contributed by atoms with van der Waals surface area (Å²) in [5.41, 5.74) is 4.48. The van der Waals surface area contributed by atoms with Gasteiger partial charge in [0.05, 0.1) is 27.0 Å². The molecule has 4 rings (SSSR count). The van der Waals surface area contributed by atoms with Gasteiger partial charge in [-0.15, -0.1) is 0 Å². The number of aryl methyl sites for hydroxylation is 3. The van der Waals surface area contributed by atoms with E-state index in [0.29, 0.717) is 29.1 Å². The summed E-state index contributed by atoms with van der Waals surface area (Å²) in [5.74, 6) is -0.276. The maximum absolute atomic E-state index is 12.9. The van der Waals surface area contributed by atoms with Gasteiger partial charge in [0.25, 0.3) is 10.0 Å². The fourth-order valence-corrected chi connectivity index (χ4v) is 5.35. The van der Waals surface area contributed by atoms with Crippen LogP contribution in [-0.2, 0) is 21.2 Å². The van der Waals surface area contributed by atoms with Crippen LogP contribution in [0.3, 0.4) is 0 Å². The van der Waals surface area contributed by atoms with Gasteiger partial charge in [-0.2, -0.15) is 5.10 Å². The van der Waals surface area contributed by atoms with E-state index in [2.05, 4.69) is 15.1 Å². The van der Waals surface area contributed by atoms with E-state index >= 15 is 0 Å². The largest absolute Gasteiger partial charge is 0.323 e. The van der Waals surface area contributed by atoms with Crippen molar-refractivity contribution >= 4 is 45.0 Å². The van der Waals surface area contributed by atoms with Gasteiger partial charge < -0.3 is 5.32 Å². The Hall–Kier alpha value is -3.10. The molecule has 2 aromatic carbocycles. The Morgan fingerprint density at radius 3 is 2.58 bits per heavy atom. The molecule has 3 aromatic rings.